The third-order valence-corrected chi connectivity index (χ3v) is 4.50. The van der Waals surface area contributed by atoms with Gasteiger partial charge in [-0.3, -0.25) is 4.90 Å². The summed E-state index contributed by atoms with van der Waals surface area (Å²) in [7, 11) is 0. The van der Waals surface area contributed by atoms with E-state index >= 15 is 0 Å². The molecule has 0 unspecified atom stereocenters. The molecule has 0 saturated carbocycles. The van der Waals surface area contributed by atoms with E-state index in [2.05, 4.69) is 24.0 Å². The highest BCUT2D eigenvalue weighted by Crippen LogP contribution is 2.27. The molecule has 0 aliphatic rings. The Kier molecular flexibility index (Phi) is 5.19. The van der Waals surface area contributed by atoms with Crippen LogP contribution < -0.4 is 5.63 Å². The topological polar surface area (TPSA) is 53.7 Å². The van der Waals surface area contributed by atoms with Gasteiger partial charge in [0, 0.05) is 30.6 Å². The Morgan fingerprint density at radius 1 is 1.00 bits per heavy atom. The zero-order chi connectivity index (χ0) is 17.8. The summed E-state index contributed by atoms with van der Waals surface area (Å²) in [5, 5.41) is 10.9. The smallest absolute Gasteiger partial charge is 0.336 e. The number of phenols is 1. The van der Waals surface area contributed by atoms with E-state index in [0.717, 1.165) is 36.0 Å². The average molecular weight is 337 g/mol. The minimum Gasteiger partial charge on any atom is -0.508 e. The highest BCUT2D eigenvalue weighted by atomic mass is 16.4. The first-order valence-corrected chi connectivity index (χ1v) is 8.65. The molecule has 1 aromatic heterocycles. The van der Waals surface area contributed by atoms with Gasteiger partial charge in [-0.05, 0) is 35.7 Å². The Balaban J connectivity index is 1.97. The molecule has 0 aliphatic carbocycles. The lowest BCUT2D eigenvalue weighted by Gasteiger charge is -2.21. The van der Waals surface area contributed by atoms with Crippen LogP contribution in [0.15, 0.2) is 57.7 Å². The van der Waals surface area contributed by atoms with E-state index in [0.29, 0.717) is 12.1 Å². The Hall–Kier alpha value is -2.59. The van der Waals surface area contributed by atoms with E-state index in [-0.39, 0.29) is 11.4 Å². The van der Waals surface area contributed by atoms with Gasteiger partial charge in [-0.15, -0.1) is 0 Å². The molecule has 130 valence electrons. The molecular formula is C21H23NO3. The molecule has 0 radical (unpaired) electrons. The quantitative estimate of drug-likeness (QED) is 0.689. The molecule has 0 bridgehead atoms. The molecule has 0 atom stereocenters. The summed E-state index contributed by atoms with van der Waals surface area (Å²) in [6.07, 6.45) is 0.724. The first-order valence-electron chi connectivity index (χ1n) is 8.65. The minimum absolute atomic E-state index is 0.173. The fourth-order valence-corrected chi connectivity index (χ4v) is 3.08. The van der Waals surface area contributed by atoms with E-state index in [1.807, 2.05) is 31.2 Å². The molecule has 3 aromatic rings. The first-order chi connectivity index (χ1) is 12.1. The number of rotatable bonds is 6. The number of aromatic hydroxyl groups is 1. The van der Waals surface area contributed by atoms with Crippen LogP contribution in [-0.4, -0.2) is 16.6 Å². The van der Waals surface area contributed by atoms with Crippen LogP contribution in [0, 0.1) is 0 Å². The maximum absolute atomic E-state index is 11.9. The van der Waals surface area contributed by atoms with Gasteiger partial charge in [0.25, 0.3) is 0 Å². The number of benzene rings is 2. The van der Waals surface area contributed by atoms with Crippen LogP contribution in [0.3, 0.4) is 0 Å². The van der Waals surface area contributed by atoms with Crippen molar-refractivity contribution < 1.29 is 9.52 Å². The molecule has 2 aromatic carbocycles. The summed E-state index contributed by atoms with van der Waals surface area (Å²) in [6, 6.07) is 15.3. The normalized spacial score (nSPS) is 11.3. The Labute approximate surface area is 147 Å². The second-order valence-electron chi connectivity index (χ2n) is 6.21. The number of fused-ring (bicyclic) bond motifs is 1. The van der Waals surface area contributed by atoms with Gasteiger partial charge in [0.15, 0.2) is 0 Å². The molecule has 0 aliphatic heterocycles. The number of aryl methyl sites for hydroxylation is 1. The third kappa shape index (κ3) is 3.91. The van der Waals surface area contributed by atoms with Crippen LogP contribution >= 0.6 is 0 Å². The number of hydrogen-bond donors (Lipinski definition) is 1. The van der Waals surface area contributed by atoms with Gasteiger partial charge in [0.1, 0.15) is 11.3 Å². The molecule has 4 heteroatoms. The van der Waals surface area contributed by atoms with Gasteiger partial charge >= 0.3 is 5.63 Å². The van der Waals surface area contributed by atoms with Crippen molar-refractivity contribution in [2.45, 2.75) is 33.4 Å². The van der Waals surface area contributed by atoms with Crippen LogP contribution in [0.2, 0.25) is 0 Å². The molecule has 3 rings (SSSR count). The van der Waals surface area contributed by atoms with E-state index in [1.165, 1.54) is 5.56 Å². The summed E-state index contributed by atoms with van der Waals surface area (Å²) in [4.78, 5) is 14.2. The van der Waals surface area contributed by atoms with E-state index in [1.54, 1.807) is 12.1 Å². The zero-order valence-electron chi connectivity index (χ0n) is 14.7. The van der Waals surface area contributed by atoms with Crippen molar-refractivity contribution in [1.82, 2.24) is 4.90 Å². The highest BCUT2D eigenvalue weighted by Gasteiger charge is 2.13. The lowest BCUT2D eigenvalue weighted by molar-refractivity contribution is 0.272. The second kappa shape index (κ2) is 7.53. The summed E-state index contributed by atoms with van der Waals surface area (Å²) >= 11 is 0. The Bertz CT molecular complexity index is 916. The predicted octanol–water partition coefficient (Wildman–Crippen LogP) is 4.08. The molecular weight excluding hydrogens is 314 g/mol. The standard InChI is InChI=1S/C21H23NO3/c1-3-16-10-18-17(11-21(24)25-20(18)12-19(16)23)14-22(4-2)13-15-8-6-5-7-9-15/h5-12,23H,3-4,13-14H2,1-2H3. The van der Waals surface area contributed by atoms with Crippen molar-refractivity contribution in [2.75, 3.05) is 6.54 Å². The molecule has 4 nitrogen and oxygen atoms in total. The fraction of sp³-hybridized carbons (Fsp3) is 0.286. The molecule has 1 heterocycles. The van der Waals surface area contributed by atoms with Gasteiger partial charge in [-0.1, -0.05) is 44.2 Å². The van der Waals surface area contributed by atoms with Gasteiger partial charge in [0.2, 0.25) is 0 Å². The van der Waals surface area contributed by atoms with Crippen LogP contribution in [0.25, 0.3) is 11.0 Å². The van der Waals surface area contributed by atoms with Crippen LogP contribution in [0.5, 0.6) is 5.75 Å². The van der Waals surface area contributed by atoms with Crippen LogP contribution in [-0.2, 0) is 19.5 Å². The van der Waals surface area contributed by atoms with Crippen molar-refractivity contribution in [2.24, 2.45) is 0 Å². The van der Waals surface area contributed by atoms with Crippen molar-refractivity contribution in [3.05, 3.63) is 75.6 Å². The Morgan fingerprint density at radius 3 is 2.44 bits per heavy atom. The van der Waals surface area contributed by atoms with Gasteiger partial charge < -0.3 is 9.52 Å². The third-order valence-electron chi connectivity index (χ3n) is 4.50. The molecule has 0 amide bonds. The zero-order valence-corrected chi connectivity index (χ0v) is 14.7. The van der Waals surface area contributed by atoms with E-state index < -0.39 is 0 Å². The number of nitrogens with zero attached hydrogens (tertiary/aromatic N) is 1. The molecule has 0 spiro atoms. The summed E-state index contributed by atoms with van der Waals surface area (Å²) in [5.74, 6) is 0.173. The molecule has 25 heavy (non-hydrogen) atoms. The second-order valence-corrected chi connectivity index (χ2v) is 6.21. The summed E-state index contributed by atoms with van der Waals surface area (Å²) in [5.41, 5.74) is 3.07. The largest absolute Gasteiger partial charge is 0.508 e. The van der Waals surface area contributed by atoms with E-state index in [4.69, 9.17) is 4.42 Å². The molecule has 0 saturated heterocycles. The van der Waals surface area contributed by atoms with Crippen molar-refractivity contribution in [3.63, 3.8) is 0 Å². The van der Waals surface area contributed by atoms with Crippen molar-refractivity contribution in [3.8, 4) is 5.75 Å². The Morgan fingerprint density at radius 2 is 1.76 bits per heavy atom. The van der Waals surface area contributed by atoms with E-state index in [9.17, 15) is 9.90 Å². The lowest BCUT2D eigenvalue weighted by Crippen LogP contribution is -2.23. The van der Waals surface area contributed by atoms with Gasteiger partial charge in [0.05, 0.1) is 0 Å². The SMILES string of the molecule is CCc1cc2c(CN(CC)Cc3ccccc3)cc(=O)oc2cc1O. The van der Waals surface area contributed by atoms with Crippen molar-refractivity contribution in [1.29, 1.82) is 0 Å². The maximum Gasteiger partial charge on any atom is 0.336 e. The number of hydrogen-bond acceptors (Lipinski definition) is 4. The monoisotopic (exact) mass is 337 g/mol. The average Bonchev–Trinajstić information content (AvgIpc) is 2.61. The highest BCUT2D eigenvalue weighted by molar-refractivity contribution is 5.82. The van der Waals surface area contributed by atoms with Crippen LogP contribution in [0.1, 0.15) is 30.5 Å². The first kappa shape index (κ1) is 17.2. The van der Waals surface area contributed by atoms with Gasteiger partial charge in [-0.25, -0.2) is 4.79 Å². The maximum atomic E-state index is 11.9. The summed E-state index contributed by atoms with van der Waals surface area (Å²) < 4.78 is 5.28. The summed E-state index contributed by atoms with van der Waals surface area (Å²) in [6.45, 7) is 6.45. The molecule has 1 N–H and O–H groups in total. The van der Waals surface area contributed by atoms with Gasteiger partial charge in [-0.2, -0.15) is 0 Å². The fourth-order valence-electron chi connectivity index (χ4n) is 3.08. The number of phenolic OH excluding ortho intramolecular Hbond substituents is 1. The predicted molar refractivity (Wildman–Crippen MR) is 99.8 cm³/mol. The van der Waals surface area contributed by atoms with Crippen molar-refractivity contribution >= 4 is 11.0 Å². The minimum atomic E-state index is -0.387. The lowest BCUT2D eigenvalue weighted by atomic mass is 10.0. The molecule has 0 fully saturated rings. The van der Waals surface area contributed by atoms with Crippen LogP contribution in [0.4, 0.5) is 0 Å².